The average Bonchev–Trinajstić information content (AvgIpc) is 2.60. The Morgan fingerprint density at radius 2 is 2.12 bits per heavy atom. The Hall–Kier alpha value is -3.41. The van der Waals surface area contributed by atoms with Crippen LogP contribution in [-0.4, -0.2) is 27.8 Å². The molecule has 3 heterocycles. The second kappa shape index (κ2) is 5.90. The molecule has 0 aliphatic carbocycles. The molecule has 1 aromatic carbocycles. The van der Waals surface area contributed by atoms with E-state index in [4.69, 9.17) is 5.73 Å². The van der Waals surface area contributed by atoms with E-state index in [2.05, 4.69) is 21.4 Å². The van der Waals surface area contributed by atoms with Crippen molar-refractivity contribution in [1.82, 2.24) is 9.97 Å². The van der Waals surface area contributed by atoms with Crippen molar-refractivity contribution >= 4 is 34.2 Å². The highest BCUT2D eigenvalue weighted by molar-refractivity contribution is 6.09. The normalized spacial score (nSPS) is 13.2. The highest BCUT2D eigenvalue weighted by Gasteiger charge is 2.18. The first-order chi connectivity index (χ1) is 12.1. The fourth-order valence-electron chi connectivity index (χ4n) is 2.86. The molecule has 0 atom stereocenters. The zero-order valence-electron chi connectivity index (χ0n) is 13.8. The Labute approximate surface area is 144 Å². The Morgan fingerprint density at radius 1 is 1.28 bits per heavy atom. The van der Waals surface area contributed by atoms with E-state index in [1.165, 1.54) is 6.07 Å². The lowest BCUT2D eigenvalue weighted by Gasteiger charge is -2.13. The Morgan fingerprint density at radius 3 is 2.92 bits per heavy atom. The number of anilines is 2. The maximum absolute atomic E-state index is 12.1. The van der Waals surface area contributed by atoms with Crippen LogP contribution < -0.4 is 16.5 Å². The molecule has 0 bridgehead atoms. The molecule has 0 fully saturated rings. The first kappa shape index (κ1) is 15.1. The van der Waals surface area contributed by atoms with Gasteiger partial charge >= 0.3 is 0 Å². The Kier molecular flexibility index (Phi) is 3.57. The standard InChI is InChI=1S/C19H17N5O/c1-24-10-14(11-24)16-8-17(25)18(20)19(23-16)22-9-12-4-5-15-13(7-12)3-2-6-21-15/h2-8,10-11H,9,20H2,1H3,(H-,22,23,25)/p+1. The fourth-order valence-corrected chi connectivity index (χ4v) is 2.86. The second-order valence-electron chi connectivity index (χ2n) is 6.10. The van der Waals surface area contributed by atoms with Crippen molar-refractivity contribution in [2.45, 2.75) is 6.54 Å². The van der Waals surface area contributed by atoms with Crippen LogP contribution in [0.3, 0.4) is 0 Å². The van der Waals surface area contributed by atoms with Crippen molar-refractivity contribution < 1.29 is 4.58 Å². The van der Waals surface area contributed by atoms with Gasteiger partial charge in [0.1, 0.15) is 24.1 Å². The van der Waals surface area contributed by atoms with Crippen molar-refractivity contribution in [3.05, 3.63) is 70.3 Å². The summed E-state index contributed by atoms with van der Waals surface area (Å²) >= 11 is 0. The molecule has 25 heavy (non-hydrogen) atoms. The fraction of sp³-hybridized carbons (Fsp3) is 0.105. The van der Waals surface area contributed by atoms with Gasteiger partial charge in [0, 0.05) is 24.2 Å². The van der Waals surface area contributed by atoms with Crippen LogP contribution in [0.2, 0.25) is 0 Å². The summed E-state index contributed by atoms with van der Waals surface area (Å²) in [5, 5.41) is 4.31. The summed E-state index contributed by atoms with van der Waals surface area (Å²) in [6, 6.07) is 11.5. The van der Waals surface area contributed by atoms with Crippen LogP contribution in [0.1, 0.15) is 11.3 Å². The molecule has 0 saturated heterocycles. The molecule has 1 aliphatic heterocycles. The van der Waals surface area contributed by atoms with Crippen LogP contribution in [0.15, 0.2) is 53.6 Å². The molecule has 2 aromatic heterocycles. The SMILES string of the molecule is C[N+]1=CC(c2cc(=O)c(N)c(NCc3ccc4ncccc4c3)[nH]2)=C1. The highest BCUT2D eigenvalue weighted by atomic mass is 16.1. The van der Waals surface area contributed by atoms with Crippen LogP contribution in [0.25, 0.3) is 16.5 Å². The first-order valence-electron chi connectivity index (χ1n) is 7.99. The largest absolute Gasteiger partial charge is 0.393 e. The van der Waals surface area contributed by atoms with Gasteiger partial charge in [-0.25, -0.2) is 4.58 Å². The number of aromatic amines is 1. The lowest BCUT2D eigenvalue weighted by molar-refractivity contribution is -0.423. The maximum atomic E-state index is 12.1. The second-order valence-corrected chi connectivity index (χ2v) is 6.10. The van der Waals surface area contributed by atoms with E-state index < -0.39 is 0 Å². The number of fused-ring (bicyclic) bond motifs is 1. The third-order valence-electron chi connectivity index (χ3n) is 4.20. The van der Waals surface area contributed by atoms with Gasteiger partial charge < -0.3 is 16.0 Å². The summed E-state index contributed by atoms with van der Waals surface area (Å²) in [6.45, 7) is 0.553. The molecule has 4 rings (SSSR count). The molecule has 0 amide bonds. The number of nitrogens with one attached hydrogen (secondary N) is 2. The lowest BCUT2D eigenvalue weighted by atomic mass is 10.1. The number of nitrogen functional groups attached to an aromatic ring is 1. The number of nitrogens with zero attached hydrogens (tertiary/aromatic N) is 2. The molecule has 0 unspecified atom stereocenters. The van der Waals surface area contributed by atoms with Gasteiger partial charge in [0.25, 0.3) is 0 Å². The van der Waals surface area contributed by atoms with Gasteiger partial charge in [-0.15, -0.1) is 0 Å². The van der Waals surface area contributed by atoms with Gasteiger partial charge in [0.2, 0.25) is 5.43 Å². The predicted octanol–water partition coefficient (Wildman–Crippen LogP) is 2.18. The van der Waals surface area contributed by atoms with Crippen molar-refractivity contribution in [2.24, 2.45) is 0 Å². The van der Waals surface area contributed by atoms with Gasteiger partial charge in [-0.3, -0.25) is 9.78 Å². The number of H-pyrrole nitrogens is 1. The minimum atomic E-state index is -0.192. The van der Waals surface area contributed by atoms with Gasteiger partial charge in [-0.1, -0.05) is 12.1 Å². The molecule has 0 radical (unpaired) electrons. The highest BCUT2D eigenvalue weighted by Crippen LogP contribution is 2.20. The average molecular weight is 332 g/mol. The monoisotopic (exact) mass is 332 g/mol. The predicted molar refractivity (Wildman–Crippen MR) is 101 cm³/mol. The van der Waals surface area contributed by atoms with E-state index in [1.807, 2.05) is 48.3 Å². The summed E-state index contributed by atoms with van der Waals surface area (Å²) < 4.78 is 1.93. The molecule has 4 N–H and O–H groups in total. The summed E-state index contributed by atoms with van der Waals surface area (Å²) in [4.78, 5) is 19.7. The number of allylic oxidation sites excluding steroid dienone is 1. The quantitative estimate of drug-likeness (QED) is 0.639. The van der Waals surface area contributed by atoms with Crippen LogP contribution >= 0.6 is 0 Å². The number of hydrogen-bond acceptors (Lipinski definition) is 4. The number of aromatic nitrogens is 2. The topological polar surface area (TPSA) is 86.8 Å². The molecular weight excluding hydrogens is 314 g/mol. The third kappa shape index (κ3) is 2.89. The van der Waals surface area contributed by atoms with Crippen molar-refractivity contribution in [3.63, 3.8) is 0 Å². The molecule has 6 nitrogen and oxygen atoms in total. The van der Waals surface area contributed by atoms with Crippen molar-refractivity contribution in [3.8, 4) is 0 Å². The van der Waals surface area contributed by atoms with Crippen LogP contribution in [0, 0.1) is 0 Å². The Bertz CT molecular complexity index is 1090. The maximum Gasteiger partial charge on any atom is 0.207 e. The van der Waals surface area contributed by atoms with Crippen molar-refractivity contribution in [1.29, 1.82) is 0 Å². The van der Waals surface area contributed by atoms with Crippen LogP contribution in [0.4, 0.5) is 11.5 Å². The molecule has 124 valence electrons. The summed E-state index contributed by atoms with van der Waals surface area (Å²) in [5.74, 6) is 0.539. The minimum Gasteiger partial charge on any atom is -0.393 e. The van der Waals surface area contributed by atoms with Crippen LogP contribution in [0.5, 0.6) is 0 Å². The molecular formula is C19H18N5O+. The molecule has 3 aromatic rings. The number of pyridine rings is 2. The molecule has 6 heteroatoms. The van der Waals surface area contributed by atoms with E-state index in [-0.39, 0.29) is 11.1 Å². The van der Waals surface area contributed by atoms with E-state index in [0.29, 0.717) is 12.4 Å². The number of benzene rings is 1. The van der Waals surface area contributed by atoms with E-state index in [1.54, 1.807) is 6.20 Å². The first-order valence-corrected chi connectivity index (χ1v) is 7.99. The Balaban J connectivity index is 1.59. The molecule has 0 spiro atoms. The summed E-state index contributed by atoms with van der Waals surface area (Å²) in [5.41, 5.74) is 9.70. The smallest absolute Gasteiger partial charge is 0.207 e. The summed E-state index contributed by atoms with van der Waals surface area (Å²) in [6.07, 6.45) is 5.67. The third-order valence-corrected chi connectivity index (χ3v) is 4.20. The number of rotatable bonds is 4. The van der Waals surface area contributed by atoms with Crippen molar-refractivity contribution in [2.75, 3.05) is 18.1 Å². The van der Waals surface area contributed by atoms with E-state index in [0.717, 1.165) is 27.7 Å². The molecule has 1 aliphatic rings. The van der Waals surface area contributed by atoms with Gasteiger partial charge in [0.15, 0.2) is 12.4 Å². The van der Waals surface area contributed by atoms with E-state index in [9.17, 15) is 4.79 Å². The minimum absolute atomic E-state index is 0.192. The van der Waals surface area contributed by atoms with Gasteiger partial charge in [-0.05, 0) is 23.8 Å². The zero-order chi connectivity index (χ0) is 17.4. The number of hydrogen-bond donors (Lipinski definition) is 3. The number of nitrogens with two attached hydrogens (primary N) is 1. The van der Waals surface area contributed by atoms with Gasteiger partial charge in [-0.2, -0.15) is 0 Å². The van der Waals surface area contributed by atoms with E-state index >= 15 is 0 Å². The van der Waals surface area contributed by atoms with Gasteiger partial charge in [0.05, 0.1) is 11.2 Å². The molecule has 0 saturated carbocycles. The summed E-state index contributed by atoms with van der Waals surface area (Å²) in [7, 11) is 1.94. The lowest BCUT2D eigenvalue weighted by Crippen LogP contribution is -2.18. The van der Waals surface area contributed by atoms with Crippen LogP contribution in [-0.2, 0) is 6.54 Å². The zero-order valence-corrected chi connectivity index (χ0v) is 13.8.